The van der Waals surface area contributed by atoms with Crippen molar-refractivity contribution in [1.82, 2.24) is 0 Å². The molecule has 0 unspecified atom stereocenters. The Morgan fingerprint density at radius 1 is 0.532 bits per heavy atom. The van der Waals surface area contributed by atoms with Gasteiger partial charge >= 0.3 is 11.9 Å². The average Bonchev–Trinajstić information content (AvgIpc) is 2.90. The molecule has 0 saturated carbocycles. The minimum Gasteiger partial charge on any atom is -0.507 e. The molecule has 0 aliphatic carbocycles. The predicted octanol–water partition coefficient (Wildman–Crippen LogP) is 7.00. The summed E-state index contributed by atoms with van der Waals surface area (Å²) in [5.74, 6) is -0.923. The molecule has 9 heteroatoms. The molecule has 0 fully saturated rings. The number of ether oxygens (including phenoxy) is 1. The maximum absolute atomic E-state index is 10.8. The van der Waals surface area contributed by atoms with Gasteiger partial charge in [0.05, 0.1) is 26.4 Å². The Morgan fingerprint density at radius 2 is 0.766 bits per heavy atom. The second-order valence-electron chi connectivity index (χ2n) is 15.9. The summed E-state index contributed by atoms with van der Waals surface area (Å²) in [6, 6.07) is 7.75. The summed E-state index contributed by atoms with van der Waals surface area (Å²) in [7, 11) is 0. The zero-order valence-electron chi connectivity index (χ0n) is 30.9. The van der Waals surface area contributed by atoms with Gasteiger partial charge in [-0.25, -0.2) is 0 Å². The molecule has 268 valence electrons. The number of rotatable bonds is 10. The van der Waals surface area contributed by atoms with Crippen molar-refractivity contribution in [2.24, 2.45) is 0 Å². The van der Waals surface area contributed by atoms with Crippen molar-refractivity contribution < 1.29 is 45.0 Å². The van der Waals surface area contributed by atoms with Gasteiger partial charge in [-0.3, -0.25) is 9.59 Å². The van der Waals surface area contributed by atoms with E-state index in [1.165, 1.54) is 0 Å². The van der Waals surface area contributed by atoms with E-state index in [0.717, 1.165) is 33.4 Å². The highest BCUT2D eigenvalue weighted by molar-refractivity contribution is 5.67. The van der Waals surface area contributed by atoms with E-state index in [4.69, 9.17) is 20.4 Å². The van der Waals surface area contributed by atoms with Gasteiger partial charge in [0, 0.05) is 12.8 Å². The number of carboxylic acids is 2. The Hall–Kier alpha value is -3.14. The Balaban J connectivity index is 0.000000750. The zero-order valence-corrected chi connectivity index (χ0v) is 30.9. The molecule has 2 rings (SSSR count). The van der Waals surface area contributed by atoms with Gasteiger partial charge in [0.15, 0.2) is 0 Å². The van der Waals surface area contributed by atoms with Gasteiger partial charge in [0.1, 0.15) is 11.5 Å². The van der Waals surface area contributed by atoms with Gasteiger partial charge in [-0.2, -0.15) is 0 Å². The predicted molar refractivity (Wildman–Crippen MR) is 188 cm³/mol. The Kier molecular flexibility index (Phi) is 17.2. The Labute approximate surface area is 282 Å². The van der Waals surface area contributed by atoms with Crippen LogP contribution in [-0.2, 0) is 48.8 Å². The highest BCUT2D eigenvalue weighted by atomic mass is 16.5. The van der Waals surface area contributed by atoms with Crippen LogP contribution in [0.25, 0.3) is 0 Å². The normalized spacial score (nSPS) is 12.0. The highest BCUT2D eigenvalue weighted by Gasteiger charge is 2.28. The standard InChI is InChI=1S/2C17H26O3.C4H10O3/c2*1-16(2,3)12-9-11(7-8-14(18)19)10-13(15(12)20)17(4,5)6;5-1-3-7-4-2-6/h2*9-10,20H,7-8H2,1-6H3,(H,18,19);5-6H,1-4H2. The van der Waals surface area contributed by atoms with E-state index in [1.807, 2.05) is 24.3 Å². The van der Waals surface area contributed by atoms with Crippen LogP contribution in [-0.4, -0.2) is 69.0 Å². The largest absolute Gasteiger partial charge is 0.507 e. The minimum atomic E-state index is -0.798. The third-order valence-electron chi connectivity index (χ3n) is 7.30. The molecule has 0 bridgehead atoms. The first kappa shape index (κ1) is 43.9. The van der Waals surface area contributed by atoms with Crippen LogP contribution in [0.4, 0.5) is 0 Å². The van der Waals surface area contributed by atoms with E-state index in [1.54, 1.807) is 0 Å². The van der Waals surface area contributed by atoms with E-state index >= 15 is 0 Å². The number of aliphatic hydroxyl groups excluding tert-OH is 2. The first-order valence-electron chi connectivity index (χ1n) is 16.2. The third kappa shape index (κ3) is 16.0. The fourth-order valence-electron chi connectivity index (χ4n) is 4.70. The summed E-state index contributed by atoms with van der Waals surface area (Å²) in [5, 5.41) is 54.9. The number of aromatic hydroxyl groups is 2. The van der Waals surface area contributed by atoms with Crippen LogP contribution in [0.15, 0.2) is 24.3 Å². The Bertz CT molecular complexity index is 1110. The average molecular weight is 663 g/mol. The number of phenols is 2. The molecule has 0 aromatic heterocycles. The van der Waals surface area contributed by atoms with Gasteiger partial charge in [0.25, 0.3) is 0 Å². The number of aliphatic hydroxyl groups is 2. The lowest BCUT2D eigenvalue weighted by molar-refractivity contribution is -0.138. The smallest absolute Gasteiger partial charge is 0.303 e. The number of hydrogen-bond donors (Lipinski definition) is 6. The minimum absolute atomic E-state index is 0.0278. The van der Waals surface area contributed by atoms with Crippen LogP contribution in [0, 0.1) is 0 Å². The quantitative estimate of drug-likeness (QED) is 0.147. The fourth-order valence-corrected chi connectivity index (χ4v) is 4.70. The summed E-state index contributed by atoms with van der Waals surface area (Å²) in [4.78, 5) is 21.5. The molecule has 0 spiro atoms. The second kappa shape index (κ2) is 18.4. The highest BCUT2D eigenvalue weighted by Crippen LogP contribution is 2.41. The van der Waals surface area contributed by atoms with E-state index in [2.05, 4.69) is 87.8 Å². The van der Waals surface area contributed by atoms with E-state index in [-0.39, 0.29) is 47.7 Å². The molecule has 0 aliphatic heterocycles. The van der Waals surface area contributed by atoms with Crippen LogP contribution in [0.5, 0.6) is 11.5 Å². The van der Waals surface area contributed by atoms with Crippen LogP contribution >= 0.6 is 0 Å². The molecule has 0 radical (unpaired) electrons. The number of aliphatic carboxylic acids is 2. The number of phenolic OH excluding ortho intramolecular Hbond substituents is 2. The number of hydrogen-bond acceptors (Lipinski definition) is 7. The first-order chi connectivity index (χ1) is 21.3. The van der Waals surface area contributed by atoms with Crippen molar-refractivity contribution in [3.05, 3.63) is 57.6 Å². The molecule has 0 aliphatic rings. The van der Waals surface area contributed by atoms with E-state index in [0.29, 0.717) is 37.6 Å². The van der Waals surface area contributed by atoms with Gasteiger partial charge in [-0.15, -0.1) is 0 Å². The molecular formula is C38H62O9. The van der Waals surface area contributed by atoms with Gasteiger partial charge in [-0.1, -0.05) is 107 Å². The van der Waals surface area contributed by atoms with E-state index < -0.39 is 11.9 Å². The molecule has 2 aromatic carbocycles. The zero-order chi connectivity index (χ0) is 37.0. The van der Waals surface area contributed by atoms with Crippen LogP contribution in [0.1, 0.15) is 129 Å². The summed E-state index contributed by atoms with van der Waals surface area (Å²) < 4.78 is 4.63. The number of carbonyl (C=O) groups is 2. The lowest BCUT2D eigenvalue weighted by Crippen LogP contribution is -2.18. The van der Waals surface area contributed by atoms with Crippen molar-refractivity contribution in [2.45, 2.75) is 130 Å². The molecule has 47 heavy (non-hydrogen) atoms. The topological polar surface area (TPSA) is 165 Å². The van der Waals surface area contributed by atoms with Crippen LogP contribution in [0.2, 0.25) is 0 Å². The maximum atomic E-state index is 10.8. The van der Waals surface area contributed by atoms with Crippen molar-refractivity contribution in [3.63, 3.8) is 0 Å². The van der Waals surface area contributed by atoms with Crippen molar-refractivity contribution >= 4 is 11.9 Å². The molecule has 0 atom stereocenters. The first-order valence-corrected chi connectivity index (χ1v) is 16.2. The van der Waals surface area contributed by atoms with Crippen molar-refractivity contribution in [2.75, 3.05) is 26.4 Å². The fraction of sp³-hybridized carbons (Fsp3) is 0.632. The summed E-state index contributed by atoms with van der Waals surface area (Å²) in [6.45, 7) is 25.3. The van der Waals surface area contributed by atoms with E-state index in [9.17, 15) is 19.8 Å². The SMILES string of the molecule is CC(C)(C)c1cc(CCC(=O)O)cc(C(C)(C)C)c1O.CC(C)(C)c1cc(CCC(=O)O)cc(C(C)(C)C)c1O.OCCOCCO. The summed E-state index contributed by atoms with van der Waals surface area (Å²) in [5.41, 5.74) is 4.76. The monoisotopic (exact) mass is 662 g/mol. The lowest BCUT2D eigenvalue weighted by atomic mass is 9.78. The Morgan fingerprint density at radius 3 is 0.936 bits per heavy atom. The van der Waals surface area contributed by atoms with Crippen molar-refractivity contribution in [3.8, 4) is 11.5 Å². The van der Waals surface area contributed by atoms with Gasteiger partial charge < -0.3 is 35.4 Å². The molecule has 0 heterocycles. The van der Waals surface area contributed by atoms with Crippen molar-refractivity contribution in [1.29, 1.82) is 0 Å². The molecule has 2 aromatic rings. The molecule has 6 N–H and O–H groups in total. The lowest BCUT2D eigenvalue weighted by Gasteiger charge is -2.28. The van der Waals surface area contributed by atoms with Gasteiger partial charge in [0.2, 0.25) is 0 Å². The number of benzene rings is 2. The molecule has 0 amide bonds. The number of carboxylic acid groups (broad SMARTS) is 2. The third-order valence-corrected chi connectivity index (χ3v) is 7.30. The van der Waals surface area contributed by atoms with Crippen LogP contribution in [0.3, 0.4) is 0 Å². The molecule has 9 nitrogen and oxygen atoms in total. The van der Waals surface area contributed by atoms with Crippen LogP contribution < -0.4 is 0 Å². The number of aryl methyl sites for hydroxylation is 2. The van der Waals surface area contributed by atoms with Gasteiger partial charge in [-0.05, 0) is 67.9 Å². The maximum Gasteiger partial charge on any atom is 0.303 e. The second-order valence-corrected chi connectivity index (χ2v) is 15.9. The molecular weight excluding hydrogens is 600 g/mol. The summed E-state index contributed by atoms with van der Waals surface area (Å²) >= 11 is 0. The molecule has 0 saturated heterocycles. The summed E-state index contributed by atoms with van der Waals surface area (Å²) in [6.07, 6.45) is 1.19.